The number of hydrogen-bond acceptors (Lipinski definition) is 5. The van der Waals surface area contributed by atoms with Gasteiger partial charge in [0.2, 0.25) is 5.91 Å². The molecule has 3 aromatic rings. The third-order valence-electron chi connectivity index (χ3n) is 2.85. The summed E-state index contributed by atoms with van der Waals surface area (Å²) in [6, 6.07) is 7.28. The van der Waals surface area contributed by atoms with Crippen LogP contribution in [0.15, 0.2) is 35.8 Å². The lowest BCUT2D eigenvalue weighted by molar-refractivity contribution is -0.116. The summed E-state index contributed by atoms with van der Waals surface area (Å²) in [5.41, 5.74) is 2.47. The Bertz CT molecular complexity index is 796. The van der Waals surface area contributed by atoms with Crippen LogP contribution >= 0.6 is 22.9 Å². The molecule has 112 valence electrons. The van der Waals surface area contributed by atoms with Crippen molar-refractivity contribution in [3.05, 3.63) is 46.6 Å². The highest BCUT2D eigenvalue weighted by Crippen LogP contribution is 2.19. The molecule has 1 amide bonds. The van der Waals surface area contributed by atoms with E-state index in [1.807, 2.05) is 24.4 Å². The second kappa shape index (κ2) is 6.25. The highest BCUT2D eigenvalue weighted by molar-refractivity contribution is 7.13. The number of hydrogen-bond donors (Lipinski definition) is 1. The van der Waals surface area contributed by atoms with Gasteiger partial charge in [-0.1, -0.05) is 28.9 Å². The lowest BCUT2D eigenvalue weighted by Crippen LogP contribution is -2.19. The van der Waals surface area contributed by atoms with Gasteiger partial charge in [0.15, 0.2) is 5.13 Å². The van der Waals surface area contributed by atoms with Crippen LogP contribution in [0.1, 0.15) is 5.69 Å². The second-order valence-electron chi connectivity index (χ2n) is 4.65. The van der Waals surface area contributed by atoms with Crippen LogP contribution in [0, 0.1) is 6.92 Å². The number of nitrogens with one attached hydrogen (secondary N) is 1. The van der Waals surface area contributed by atoms with Crippen molar-refractivity contribution in [1.29, 1.82) is 0 Å². The van der Waals surface area contributed by atoms with Crippen molar-refractivity contribution in [1.82, 2.24) is 20.0 Å². The van der Waals surface area contributed by atoms with E-state index in [9.17, 15) is 4.79 Å². The number of aryl methyl sites for hydroxylation is 1. The summed E-state index contributed by atoms with van der Waals surface area (Å²) in [4.78, 5) is 16.1. The Morgan fingerprint density at radius 1 is 1.36 bits per heavy atom. The monoisotopic (exact) mass is 333 g/mol. The largest absolute Gasteiger partial charge is 0.300 e. The third-order valence-corrected chi connectivity index (χ3v) is 3.98. The molecule has 2 aromatic heterocycles. The predicted octanol–water partition coefficient (Wildman–Crippen LogP) is 3.00. The van der Waals surface area contributed by atoms with Crippen LogP contribution in [0.4, 0.5) is 5.13 Å². The van der Waals surface area contributed by atoms with Crippen LogP contribution in [0.25, 0.3) is 11.3 Å². The van der Waals surface area contributed by atoms with Crippen molar-refractivity contribution in [3.63, 3.8) is 0 Å². The molecule has 0 atom stereocenters. The Labute approximate surface area is 135 Å². The smallest absolute Gasteiger partial charge is 0.247 e. The van der Waals surface area contributed by atoms with Crippen molar-refractivity contribution >= 4 is 34.0 Å². The van der Waals surface area contributed by atoms with Gasteiger partial charge in [-0.15, -0.1) is 16.4 Å². The molecule has 0 aliphatic carbocycles. The average molecular weight is 334 g/mol. The van der Waals surface area contributed by atoms with E-state index in [0.717, 1.165) is 11.3 Å². The Balaban J connectivity index is 1.66. The molecule has 22 heavy (non-hydrogen) atoms. The van der Waals surface area contributed by atoms with Gasteiger partial charge >= 0.3 is 0 Å². The van der Waals surface area contributed by atoms with Crippen LogP contribution in [-0.4, -0.2) is 25.9 Å². The van der Waals surface area contributed by atoms with Crippen LogP contribution < -0.4 is 5.32 Å². The number of amides is 1. The summed E-state index contributed by atoms with van der Waals surface area (Å²) < 4.78 is 1.49. The fourth-order valence-electron chi connectivity index (χ4n) is 1.85. The van der Waals surface area contributed by atoms with E-state index in [-0.39, 0.29) is 12.5 Å². The first-order valence-electron chi connectivity index (χ1n) is 6.48. The van der Waals surface area contributed by atoms with Crippen molar-refractivity contribution < 1.29 is 4.79 Å². The SMILES string of the molecule is Cc1csc(NC(=O)Cn2cc(-c3ccc(Cl)cc3)nn2)n1. The molecule has 6 nitrogen and oxygen atoms in total. The minimum absolute atomic E-state index is 0.0826. The molecule has 0 aliphatic rings. The zero-order valence-corrected chi connectivity index (χ0v) is 13.2. The first kappa shape index (κ1) is 14.7. The van der Waals surface area contributed by atoms with Gasteiger partial charge in [-0.3, -0.25) is 4.79 Å². The van der Waals surface area contributed by atoms with Gasteiger partial charge in [0, 0.05) is 16.0 Å². The molecule has 8 heteroatoms. The van der Waals surface area contributed by atoms with Gasteiger partial charge in [0.1, 0.15) is 12.2 Å². The lowest BCUT2D eigenvalue weighted by Gasteiger charge is -2.00. The lowest BCUT2D eigenvalue weighted by atomic mass is 10.2. The molecule has 0 fully saturated rings. The van der Waals surface area contributed by atoms with Gasteiger partial charge in [-0.05, 0) is 19.1 Å². The average Bonchev–Trinajstić information content (AvgIpc) is 3.09. The van der Waals surface area contributed by atoms with Crippen molar-refractivity contribution in [2.24, 2.45) is 0 Å². The first-order valence-corrected chi connectivity index (χ1v) is 7.74. The molecule has 1 N–H and O–H groups in total. The summed E-state index contributed by atoms with van der Waals surface area (Å²) in [6.45, 7) is 1.96. The maximum atomic E-state index is 11.9. The molecule has 0 spiro atoms. The van der Waals surface area contributed by atoms with E-state index < -0.39 is 0 Å². The number of carbonyl (C=O) groups is 1. The first-order chi connectivity index (χ1) is 10.6. The van der Waals surface area contributed by atoms with E-state index in [1.165, 1.54) is 16.0 Å². The van der Waals surface area contributed by atoms with E-state index in [1.54, 1.807) is 18.3 Å². The minimum Gasteiger partial charge on any atom is -0.300 e. The summed E-state index contributed by atoms with van der Waals surface area (Å²) >= 11 is 7.24. The molecule has 3 rings (SSSR count). The fourth-order valence-corrected chi connectivity index (χ4v) is 2.68. The zero-order valence-electron chi connectivity index (χ0n) is 11.7. The number of carbonyl (C=O) groups excluding carboxylic acids is 1. The van der Waals surface area contributed by atoms with E-state index in [0.29, 0.717) is 15.8 Å². The maximum absolute atomic E-state index is 11.9. The minimum atomic E-state index is -0.193. The van der Waals surface area contributed by atoms with Crippen LogP contribution in [-0.2, 0) is 11.3 Å². The zero-order chi connectivity index (χ0) is 15.5. The van der Waals surface area contributed by atoms with Crippen LogP contribution in [0.5, 0.6) is 0 Å². The summed E-state index contributed by atoms with van der Waals surface area (Å²) in [5, 5.41) is 13.9. The predicted molar refractivity (Wildman–Crippen MR) is 85.9 cm³/mol. The van der Waals surface area contributed by atoms with Gasteiger partial charge in [0.05, 0.1) is 11.9 Å². The highest BCUT2D eigenvalue weighted by Gasteiger charge is 2.09. The molecular weight excluding hydrogens is 322 g/mol. The summed E-state index contributed by atoms with van der Waals surface area (Å²) in [5.74, 6) is -0.193. The number of benzene rings is 1. The molecular formula is C14H12ClN5OS. The Morgan fingerprint density at radius 2 is 2.14 bits per heavy atom. The van der Waals surface area contributed by atoms with Gasteiger partial charge in [-0.2, -0.15) is 0 Å². The van der Waals surface area contributed by atoms with Gasteiger partial charge in [0.25, 0.3) is 0 Å². The Hall–Kier alpha value is -2.25. The standard InChI is InChI=1S/C14H12ClN5OS/c1-9-8-22-14(16-9)17-13(21)7-20-6-12(18-19-20)10-2-4-11(15)5-3-10/h2-6,8H,7H2,1H3,(H,16,17,21). The molecule has 1 aromatic carbocycles. The number of rotatable bonds is 4. The van der Waals surface area contributed by atoms with E-state index in [4.69, 9.17) is 11.6 Å². The molecule has 0 bridgehead atoms. The highest BCUT2D eigenvalue weighted by atomic mass is 35.5. The number of anilines is 1. The Morgan fingerprint density at radius 3 is 2.82 bits per heavy atom. The summed E-state index contributed by atoms with van der Waals surface area (Å²) in [6.07, 6.45) is 1.72. The molecule has 0 unspecified atom stereocenters. The van der Waals surface area contributed by atoms with Gasteiger partial charge < -0.3 is 5.32 Å². The number of aromatic nitrogens is 4. The normalized spacial score (nSPS) is 10.6. The topological polar surface area (TPSA) is 72.7 Å². The molecule has 2 heterocycles. The number of halogens is 1. The van der Waals surface area contributed by atoms with Crippen molar-refractivity contribution in [3.8, 4) is 11.3 Å². The molecule has 0 aliphatic heterocycles. The quantitative estimate of drug-likeness (QED) is 0.796. The summed E-state index contributed by atoms with van der Waals surface area (Å²) in [7, 11) is 0. The Kier molecular flexibility index (Phi) is 4.17. The van der Waals surface area contributed by atoms with Crippen LogP contribution in [0.2, 0.25) is 5.02 Å². The number of thiazole rings is 1. The second-order valence-corrected chi connectivity index (χ2v) is 5.95. The van der Waals surface area contributed by atoms with E-state index in [2.05, 4.69) is 20.6 Å². The maximum Gasteiger partial charge on any atom is 0.247 e. The molecule has 0 radical (unpaired) electrons. The molecule has 0 saturated heterocycles. The van der Waals surface area contributed by atoms with Crippen molar-refractivity contribution in [2.45, 2.75) is 13.5 Å². The fraction of sp³-hybridized carbons (Fsp3) is 0.143. The van der Waals surface area contributed by atoms with Crippen LogP contribution in [0.3, 0.4) is 0 Å². The van der Waals surface area contributed by atoms with Gasteiger partial charge in [-0.25, -0.2) is 9.67 Å². The third kappa shape index (κ3) is 3.49. The van der Waals surface area contributed by atoms with E-state index >= 15 is 0 Å². The van der Waals surface area contributed by atoms with Crippen molar-refractivity contribution in [2.75, 3.05) is 5.32 Å². The molecule has 0 saturated carbocycles. The number of nitrogens with zero attached hydrogens (tertiary/aromatic N) is 4.